The van der Waals surface area contributed by atoms with Gasteiger partial charge in [-0.1, -0.05) is 105 Å². The van der Waals surface area contributed by atoms with E-state index in [0.717, 1.165) is 31.1 Å². The van der Waals surface area contributed by atoms with E-state index in [0.29, 0.717) is 38.1 Å². The van der Waals surface area contributed by atoms with Crippen LogP contribution in [0.5, 0.6) is 0 Å². The topological polar surface area (TPSA) is 358 Å². The molecule has 0 spiro atoms. The summed E-state index contributed by atoms with van der Waals surface area (Å²) in [6, 6.07) is -7.84. The van der Waals surface area contributed by atoms with Gasteiger partial charge in [-0.3, -0.25) is 52.8 Å². The molecule has 496 valence electrons. The van der Waals surface area contributed by atoms with Gasteiger partial charge in [0, 0.05) is 59.9 Å². The first-order chi connectivity index (χ1) is 40.1. The number of likely N-dealkylation sites (N-methyl/N-ethyl adjacent to an activating group) is 2. The van der Waals surface area contributed by atoms with E-state index >= 15 is 0 Å². The molecule has 86 heavy (non-hydrogen) atoms. The fourth-order valence-electron chi connectivity index (χ4n) is 11.0. The van der Waals surface area contributed by atoms with Gasteiger partial charge in [0.1, 0.15) is 24.2 Å². The summed E-state index contributed by atoms with van der Waals surface area (Å²) < 4.78 is 11.5. The molecule has 11 N–H and O–H groups in total. The van der Waals surface area contributed by atoms with E-state index in [4.69, 9.17) is 15.2 Å². The molecule has 1 heterocycles. The van der Waals surface area contributed by atoms with Gasteiger partial charge in [-0.15, -0.1) is 11.8 Å². The molecular formula is C59H107IN10O15S. The first-order valence-electron chi connectivity index (χ1n) is 30.4. The lowest BCUT2D eigenvalue weighted by Crippen LogP contribution is -2.60. The zero-order valence-corrected chi connectivity index (χ0v) is 57.1. The van der Waals surface area contributed by atoms with Crippen LogP contribution in [0.25, 0.3) is 0 Å². The van der Waals surface area contributed by atoms with Crippen LogP contribution in [0.3, 0.4) is 0 Å². The molecule has 16 atom stereocenters. The van der Waals surface area contributed by atoms with Gasteiger partial charge < -0.3 is 72.2 Å². The van der Waals surface area contributed by atoms with Crippen molar-refractivity contribution >= 4 is 93.5 Å². The number of nitrogens with zero attached hydrogens (tertiary/aromatic N) is 3. The minimum Gasteiger partial charge on any atom is -0.481 e. The van der Waals surface area contributed by atoms with Crippen LogP contribution in [-0.2, 0) is 57.4 Å². The van der Waals surface area contributed by atoms with Crippen LogP contribution in [-0.4, -0.2) is 218 Å². The summed E-state index contributed by atoms with van der Waals surface area (Å²) in [4.78, 5) is 140. The van der Waals surface area contributed by atoms with Crippen LogP contribution < -0.4 is 37.6 Å². The van der Waals surface area contributed by atoms with Crippen molar-refractivity contribution in [3.63, 3.8) is 0 Å². The molecule has 1 aliphatic heterocycles. The highest BCUT2D eigenvalue weighted by Gasteiger charge is 2.44. The molecule has 0 bridgehead atoms. The SMILES string of the molecule is CCCC(C)CN(C)[C@H](C(=O)N[C@H](C(=O)N(C)[C@@H]([C@@H](C)CC)[C@@H](CC(=O)N1CCC[C@H]1C(OC)[C@@H](C)C(=O)N[C@H](C(=O)N[C@@H](CCC(=O)O)C(=O)N[C@H](C)CNC(=O)[C@H](CN)NC(=O)C(CC(=O)O)SC(C)(I)CC)C(C)O)OC)C(C)C)C(C)C. The molecule has 27 heteroatoms. The number of carbonyl (C=O) groups excluding carboxylic acids is 8. The number of aliphatic hydroxyl groups is 1. The highest BCUT2D eigenvalue weighted by molar-refractivity contribution is 14.1. The van der Waals surface area contributed by atoms with Gasteiger partial charge in [-0.2, -0.15) is 0 Å². The van der Waals surface area contributed by atoms with E-state index < -0.39 is 141 Å². The quantitative estimate of drug-likeness (QED) is 0.0311. The number of likely N-dealkylation sites (tertiary alicyclic amines) is 1. The second-order valence-corrected chi connectivity index (χ2v) is 29.0. The number of halogens is 1. The third kappa shape index (κ3) is 25.6. The van der Waals surface area contributed by atoms with E-state index in [2.05, 4.69) is 73.2 Å². The van der Waals surface area contributed by atoms with Crippen LogP contribution in [0, 0.1) is 29.6 Å². The molecule has 1 rings (SSSR count). The number of carbonyl (C=O) groups is 10. The molecule has 0 aromatic heterocycles. The van der Waals surface area contributed by atoms with Gasteiger partial charge in [0.15, 0.2) is 0 Å². The maximum atomic E-state index is 14.7. The first-order valence-corrected chi connectivity index (χ1v) is 32.3. The van der Waals surface area contributed by atoms with Crippen LogP contribution >= 0.6 is 34.4 Å². The number of nitrogens with two attached hydrogens (primary N) is 1. The molecule has 1 saturated heterocycles. The number of amides is 8. The number of aliphatic carboxylic acids is 2. The number of alkyl halides is 1. The number of ether oxygens (including phenoxy) is 2. The van der Waals surface area contributed by atoms with Crippen molar-refractivity contribution in [2.45, 2.75) is 229 Å². The predicted octanol–water partition coefficient (Wildman–Crippen LogP) is 2.86. The van der Waals surface area contributed by atoms with Crippen molar-refractivity contribution in [1.29, 1.82) is 0 Å². The second kappa shape index (κ2) is 38.9. The summed E-state index contributed by atoms with van der Waals surface area (Å²) in [7, 11) is 6.50. The van der Waals surface area contributed by atoms with Gasteiger partial charge >= 0.3 is 11.9 Å². The summed E-state index contributed by atoms with van der Waals surface area (Å²) in [6.07, 6.45) is -0.525. The standard InChI is InChI=1S/C59H107IN10O15S/c1-18-22-34(8)31-68(14)49(33(6)7)57(82)66-47(32(4)5)58(83)69(15)50(35(9)19-2)42(84-16)27-44(72)70-26-21-23-41(70)51(85-17)37(11)52(77)67-48(38(12)71)56(81)64-39(24-25-45(73)74)54(79)63-36(10)30-62-53(78)40(29-61)65-55(80)43(28-46(75)76)86-59(13,60)20-3/h32-43,47-51,71H,18-31,61H2,1-17H3,(H,62,78)(H,63,79)(H,64,81)(H,65,80)(H,66,82)(H,67,77)(H,73,74)(H,75,76)/t34?,35-,36+,37+,38?,39-,40-,41-,42+,43?,47-,48-,49-,50-,51?,59?/m0/s1. The summed E-state index contributed by atoms with van der Waals surface area (Å²) in [5.74, 6) is -8.50. The number of aliphatic hydroxyl groups excluding tert-OH is 1. The Morgan fingerprint density at radius 2 is 1.35 bits per heavy atom. The lowest BCUT2D eigenvalue weighted by atomic mass is 9.89. The predicted molar refractivity (Wildman–Crippen MR) is 339 cm³/mol. The Bertz CT molecular complexity index is 2220. The van der Waals surface area contributed by atoms with Crippen LogP contribution in [0.15, 0.2) is 0 Å². The van der Waals surface area contributed by atoms with E-state index in [1.54, 1.807) is 23.8 Å². The zero-order chi connectivity index (χ0) is 66.1. The number of methoxy groups -OCH3 is 2. The van der Waals surface area contributed by atoms with E-state index in [9.17, 15) is 63.3 Å². The van der Waals surface area contributed by atoms with E-state index in [1.165, 1.54) is 28.1 Å². The first kappa shape index (κ1) is 79.6. The molecule has 0 saturated carbocycles. The third-order valence-corrected chi connectivity index (χ3v) is 19.1. The Balaban J connectivity index is 3.30. The molecule has 0 aliphatic carbocycles. The highest BCUT2D eigenvalue weighted by Crippen LogP contribution is 2.40. The van der Waals surface area contributed by atoms with E-state index in [1.807, 2.05) is 62.4 Å². The smallest absolute Gasteiger partial charge is 0.305 e. The Labute approximate surface area is 528 Å². The third-order valence-electron chi connectivity index (χ3n) is 16.1. The summed E-state index contributed by atoms with van der Waals surface area (Å²) in [6.45, 7) is 24.5. The number of nitrogens with one attached hydrogen (secondary N) is 6. The van der Waals surface area contributed by atoms with Crippen molar-refractivity contribution in [2.24, 2.45) is 35.3 Å². The highest BCUT2D eigenvalue weighted by atomic mass is 127. The van der Waals surface area contributed by atoms with Crippen molar-refractivity contribution in [3.05, 3.63) is 0 Å². The molecule has 0 aromatic carbocycles. The lowest BCUT2D eigenvalue weighted by Gasteiger charge is -2.41. The van der Waals surface area contributed by atoms with Crippen LogP contribution in [0.2, 0.25) is 0 Å². The van der Waals surface area contributed by atoms with Gasteiger partial charge in [-0.25, -0.2) is 0 Å². The van der Waals surface area contributed by atoms with Gasteiger partial charge in [0.05, 0.1) is 63.2 Å². The Hall–Kier alpha value is -4.42. The summed E-state index contributed by atoms with van der Waals surface area (Å²) in [5.41, 5.74) is 5.82. The van der Waals surface area contributed by atoms with Gasteiger partial charge in [-0.05, 0) is 83.6 Å². The molecule has 8 amide bonds. The number of carboxylic acids is 2. The van der Waals surface area contributed by atoms with Gasteiger partial charge in [0.25, 0.3) is 0 Å². The van der Waals surface area contributed by atoms with Crippen molar-refractivity contribution < 1.29 is 72.7 Å². The average Bonchev–Trinajstić information content (AvgIpc) is 2.21. The monoisotopic (exact) mass is 1350 g/mol. The number of thioether (sulfide) groups is 1. The molecule has 1 aliphatic rings. The minimum atomic E-state index is -1.66. The molecule has 25 nitrogen and oxygen atoms in total. The van der Waals surface area contributed by atoms with Crippen molar-refractivity contribution in [3.8, 4) is 0 Å². The Morgan fingerprint density at radius 3 is 1.85 bits per heavy atom. The molecule has 0 aromatic rings. The number of hydrogen-bond donors (Lipinski definition) is 10. The summed E-state index contributed by atoms with van der Waals surface area (Å²) in [5, 5.41) is 44.7. The average molecular weight is 1360 g/mol. The van der Waals surface area contributed by atoms with Crippen LogP contribution in [0.1, 0.15) is 154 Å². The lowest BCUT2D eigenvalue weighted by molar-refractivity contribution is -0.148. The molecule has 1 fully saturated rings. The van der Waals surface area contributed by atoms with Crippen molar-refractivity contribution in [1.82, 2.24) is 46.6 Å². The molecular weight excluding hydrogens is 1250 g/mol. The largest absolute Gasteiger partial charge is 0.481 e. The number of carboxylic acid groups (broad SMARTS) is 2. The zero-order valence-electron chi connectivity index (χ0n) is 54.2. The Kier molecular flexibility index (Phi) is 36.0. The Morgan fingerprint density at radius 1 is 0.744 bits per heavy atom. The fraction of sp³-hybridized carbons (Fsp3) is 0.831. The maximum Gasteiger partial charge on any atom is 0.305 e. The molecule has 5 unspecified atom stereocenters. The van der Waals surface area contributed by atoms with E-state index in [-0.39, 0.29) is 55.0 Å². The second-order valence-electron chi connectivity index (χ2n) is 24.2. The number of hydrogen-bond acceptors (Lipinski definition) is 16. The normalized spacial score (nSPS) is 19.2. The maximum absolute atomic E-state index is 14.7. The molecule has 0 radical (unpaired) electrons. The van der Waals surface area contributed by atoms with Gasteiger partial charge in [0.2, 0.25) is 47.3 Å². The van der Waals surface area contributed by atoms with Crippen LogP contribution in [0.4, 0.5) is 0 Å². The summed E-state index contributed by atoms with van der Waals surface area (Å²) >= 11 is 3.27. The van der Waals surface area contributed by atoms with Crippen molar-refractivity contribution in [2.75, 3.05) is 54.5 Å². The fourth-order valence-corrected chi connectivity index (χ4v) is 13.0. The number of rotatable bonds is 41. The minimum absolute atomic E-state index is 0.0313.